The number of para-hydroxylation sites is 1. The Hall–Kier alpha value is -3.92. The van der Waals surface area contributed by atoms with Gasteiger partial charge < -0.3 is 19.5 Å². The minimum atomic E-state index is -2.98. The Kier molecular flexibility index (Phi) is 10.4. The van der Waals surface area contributed by atoms with Crippen molar-refractivity contribution in [3.8, 4) is 16.9 Å². The molecule has 3 aromatic carbocycles. The zero-order valence-corrected chi connectivity index (χ0v) is 25.8. The standard InChI is InChI=1S/C32H38FNO7S/c1-20(34-30(36)41-32(5,6)7)25-12-10-13-26(29(25)33)23-15-21(16-24(17-23)42(37)38)19-39-27-14-9-8-11-22(27)18-28(35)40-31(2,3)4/h8-17,20,42H,18-19H2,1-7H3,(H,34,36)/t20-/m1/s1. The number of nitrogens with one attached hydrogen (secondary N) is 1. The second kappa shape index (κ2) is 13.4. The van der Waals surface area contributed by atoms with Crippen LogP contribution in [0.15, 0.2) is 65.6 Å². The van der Waals surface area contributed by atoms with Crippen LogP contribution < -0.4 is 10.1 Å². The van der Waals surface area contributed by atoms with E-state index in [0.717, 1.165) is 0 Å². The summed E-state index contributed by atoms with van der Waals surface area (Å²) in [6, 6.07) is 15.5. The van der Waals surface area contributed by atoms with Crippen LogP contribution in [-0.4, -0.2) is 31.7 Å². The molecule has 0 heterocycles. The molecular formula is C32H38FNO7S. The van der Waals surface area contributed by atoms with E-state index >= 15 is 4.39 Å². The predicted molar refractivity (Wildman–Crippen MR) is 159 cm³/mol. The molecule has 1 N–H and O–H groups in total. The quantitative estimate of drug-likeness (QED) is 0.213. The first-order chi connectivity index (χ1) is 19.5. The molecule has 42 heavy (non-hydrogen) atoms. The molecule has 0 unspecified atom stereocenters. The number of esters is 1. The van der Waals surface area contributed by atoms with E-state index in [2.05, 4.69) is 5.32 Å². The van der Waals surface area contributed by atoms with Crippen molar-refractivity contribution in [2.45, 2.75) is 83.6 Å². The van der Waals surface area contributed by atoms with Crippen molar-refractivity contribution < 1.29 is 36.6 Å². The summed E-state index contributed by atoms with van der Waals surface area (Å²) in [5.74, 6) is -0.567. The van der Waals surface area contributed by atoms with Crippen LogP contribution in [0.5, 0.6) is 5.75 Å². The van der Waals surface area contributed by atoms with Crippen LogP contribution in [0, 0.1) is 5.82 Å². The number of thiol groups is 1. The second-order valence-electron chi connectivity index (χ2n) is 11.9. The smallest absolute Gasteiger partial charge is 0.408 e. The van der Waals surface area contributed by atoms with E-state index in [0.29, 0.717) is 22.4 Å². The highest BCUT2D eigenvalue weighted by Crippen LogP contribution is 2.31. The summed E-state index contributed by atoms with van der Waals surface area (Å²) in [6.07, 6.45) is -0.685. The Morgan fingerprint density at radius 2 is 1.57 bits per heavy atom. The van der Waals surface area contributed by atoms with Crippen molar-refractivity contribution in [1.82, 2.24) is 5.32 Å². The molecule has 1 atom stereocenters. The Morgan fingerprint density at radius 1 is 0.905 bits per heavy atom. The highest BCUT2D eigenvalue weighted by molar-refractivity contribution is 7.72. The second-order valence-corrected chi connectivity index (χ2v) is 12.9. The van der Waals surface area contributed by atoms with Gasteiger partial charge in [-0.05, 0) is 83.9 Å². The van der Waals surface area contributed by atoms with Gasteiger partial charge in [0, 0.05) is 16.7 Å². The van der Waals surface area contributed by atoms with Gasteiger partial charge in [0.1, 0.15) is 29.4 Å². The maximum atomic E-state index is 15.8. The lowest BCUT2D eigenvalue weighted by molar-refractivity contribution is -0.153. The van der Waals surface area contributed by atoms with Gasteiger partial charge in [-0.2, -0.15) is 0 Å². The first-order valence-corrected chi connectivity index (χ1v) is 14.7. The molecule has 0 saturated heterocycles. The SMILES string of the molecule is C[C@@H](NC(=O)OC(C)(C)C)c1cccc(-c2cc(COc3ccccc3CC(=O)OC(C)(C)C)cc([SH](=O)=O)c2)c1F. The van der Waals surface area contributed by atoms with Gasteiger partial charge in [0.15, 0.2) is 10.7 Å². The van der Waals surface area contributed by atoms with E-state index in [1.54, 1.807) is 90.9 Å². The number of hydrogen-bond donors (Lipinski definition) is 2. The molecule has 0 aliphatic carbocycles. The summed E-state index contributed by atoms with van der Waals surface area (Å²) >= 11 is 0. The summed E-state index contributed by atoms with van der Waals surface area (Å²) in [5.41, 5.74) is 0.459. The largest absolute Gasteiger partial charge is 0.489 e. The number of rotatable bonds is 9. The summed E-state index contributed by atoms with van der Waals surface area (Å²) in [4.78, 5) is 24.6. The van der Waals surface area contributed by atoms with Gasteiger partial charge in [-0.25, -0.2) is 17.6 Å². The van der Waals surface area contributed by atoms with Crippen molar-refractivity contribution in [3.63, 3.8) is 0 Å². The van der Waals surface area contributed by atoms with E-state index in [9.17, 15) is 18.0 Å². The molecule has 8 nitrogen and oxygen atoms in total. The van der Waals surface area contributed by atoms with Crippen molar-refractivity contribution in [2.24, 2.45) is 0 Å². The number of ether oxygens (including phenoxy) is 3. The fraction of sp³-hybridized carbons (Fsp3) is 0.375. The van der Waals surface area contributed by atoms with E-state index in [1.807, 2.05) is 0 Å². The molecule has 0 spiro atoms. The van der Waals surface area contributed by atoms with E-state index in [-0.39, 0.29) is 29.1 Å². The Bertz CT molecular complexity index is 1510. The summed E-state index contributed by atoms with van der Waals surface area (Å²) < 4.78 is 56.4. The van der Waals surface area contributed by atoms with Crippen LogP contribution in [0.3, 0.4) is 0 Å². The predicted octanol–water partition coefficient (Wildman–Crippen LogP) is 6.51. The monoisotopic (exact) mass is 599 g/mol. The van der Waals surface area contributed by atoms with Gasteiger partial charge in [-0.1, -0.05) is 36.4 Å². The topological polar surface area (TPSA) is 108 Å². The van der Waals surface area contributed by atoms with Crippen molar-refractivity contribution in [2.75, 3.05) is 0 Å². The Labute approximate surface area is 248 Å². The molecule has 226 valence electrons. The summed E-state index contributed by atoms with van der Waals surface area (Å²) in [6.45, 7) is 12.1. The van der Waals surface area contributed by atoms with Crippen LogP contribution in [0.4, 0.5) is 9.18 Å². The molecule has 0 aromatic heterocycles. The third kappa shape index (κ3) is 9.58. The highest BCUT2D eigenvalue weighted by Gasteiger charge is 2.22. The number of carbonyl (C=O) groups excluding carboxylic acids is 2. The average molecular weight is 600 g/mol. The van der Waals surface area contributed by atoms with Gasteiger partial charge in [-0.3, -0.25) is 4.79 Å². The first-order valence-electron chi connectivity index (χ1n) is 13.5. The molecule has 0 radical (unpaired) electrons. The summed E-state index contributed by atoms with van der Waals surface area (Å²) in [5, 5.41) is 2.63. The molecule has 0 aliphatic heterocycles. The van der Waals surface area contributed by atoms with Crippen LogP contribution in [0.2, 0.25) is 0 Å². The van der Waals surface area contributed by atoms with E-state index < -0.39 is 45.8 Å². The van der Waals surface area contributed by atoms with Crippen LogP contribution in [0.1, 0.15) is 71.2 Å². The number of alkyl carbamates (subject to hydrolysis) is 1. The van der Waals surface area contributed by atoms with Crippen LogP contribution in [-0.2, 0) is 38.0 Å². The van der Waals surface area contributed by atoms with Crippen molar-refractivity contribution in [3.05, 3.63) is 83.2 Å². The molecule has 3 aromatic rings. The molecule has 3 rings (SSSR count). The fourth-order valence-corrected chi connectivity index (χ4v) is 4.69. The third-order valence-electron chi connectivity index (χ3n) is 5.85. The normalized spacial score (nSPS) is 12.5. The van der Waals surface area contributed by atoms with Gasteiger partial charge in [0.2, 0.25) is 0 Å². The molecular weight excluding hydrogens is 561 g/mol. The van der Waals surface area contributed by atoms with E-state index in [1.165, 1.54) is 18.2 Å². The molecule has 1 amide bonds. The zero-order valence-electron chi connectivity index (χ0n) is 24.9. The fourth-order valence-electron chi connectivity index (χ4n) is 4.17. The van der Waals surface area contributed by atoms with Crippen LogP contribution in [0.25, 0.3) is 11.1 Å². The first kappa shape index (κ1) is 32.6. The number of hydrogen-bond acceptors (Lipinski definition) is 7. The van der Waals surface area contributed by atoms with Gasteiger partial charge >= 0.3 is 12.1 Å². The molecule has 0 aliphatic rings. The molecule has 0 fully saturated rings. The van der Waals surface area contributed by atoms with Crippen molar-refractivity contribution >= 4 is 22.8 Å². The van der Waals surface area contributed by atoms with E-state index in [4.69, 9.17) is 14.2 Å². The number of benzene rings is 3. The van der Waals surface area contributed by atoms with Crippen molar-refractivity contribution in [1.29, 1.82) is 0 Å². The number of carbonyl (C=O) groups is 2. The lowest BCUT2D eigenvalue weighted by Gasteiger charge is -2.22. The molecule has 10 heteroatoms. The number of halogens is 1. The third-order valence-corrected chi connectivity index (χ3v) is 6.53. The maximum absolute atomic E-state index is 15.8. The molecule has 0 saturated carbocycles. The Morgan fingerprint density at radius 3 is 2.21 bits per heavy atom. The highest BCUT2D eigenvalue weighted by atomic mass is 32.2. The Balaban J connectivity index is 1.88. The summed E-state index contributed by atoms with van der Waals surface area (Å²) in [7, 11) is -2.98. The lowest BCUT2D eigenvalue weighted by atomic mass is 9.97. The minimum Gasteiger partial charge on any atom is -0.489 e. The number of amides is 1. The molecule has 0 bridgehead atoms. The zero-order chi connectivity index (χ0) is 31.2. The van der Waals surface area contributed by atoms with Gasteiger partial charge in [0.05, 0.1) is 17.4 Å². The lowest BCUT2D eigenvalue weighted by Crippen LogP contribution is -2.34. The minimum absolute atomic E-state index is 0.00132. The van der Waals surface area contributed by atoms with Gasteiger partial charge in [0.25, 0.3) is 0 Å². The van der Waals surface area contributed by atoms with Gasteiger partial charge in [-0.15, -0.1) is 0 Å². The average Bonchev–Trinajstić information content (AvgIpc) is 2.85. The maximum Gasteiger partial charge on any atom is 0.408 e. The van der Waals surface area contributed by atoms with Crippen LogP contribution >= 0.6 is 0 Å².